The molecule has 0 radical (unpaired) electrons. The zero-order valence-electron chi connectivity index (χ0n) is 19.7. The number of pyridine rings is 1. The summed E-state index contributed by atoms with van der Waals surface area (Å²) < 4.78 is 51.9. The van der Waals surface area contributed by atoms with Crippen molar-refractivity contribution in [3.8, 4) is 5.88 Å². The molecule has 0 spiro atoms. The van der Waals surface area contributed by atoms with Gasteiger partial charge in [0.15, 0.2) is 5.65 Å². The van der Waals surface area contributed by atoms with Gasteiger partial charge in [0.25, 0.3) is 0 Å². The van der Waals surface area contributed by atoms with Gasteiger partial charge >= 0.3 is 6.18 Å². The minimum atomic E-state index is -4.19. The summed E-state index contributed by atoms with van der Waals surface area (Å²) in [5.74, 6) is 0.945. The van der Waals surface area contributed by atoms with Crippen LogP contribution in [0.15, 0.2) is 18.3 Å². The van der Waals surface area contributed by atoms with Crippen molar-refractivity contribution in [3.63, 3.8) is 0 Å². The van der Waals surface area contributed by atoms with Crippen molar-refractivity contribution >= 4 is 17.1 Å². The Balaban J connectivity index is 1.37. The number of halogens is 3. The molecule has 3 aromatic heterocycles. The first-order chi connectivity index (χ1) is 16.6. The van der Waals surface area contributed by atoms with Gasteiger partial charge in [0.05, 0.1) is 42.8 Å². The van der Waals surface area contributed by atoms with E-state index in [1.165, 1.54) is 0 Å². The second-order valence-corrected chi connectivity index (χ2v) is 9.96. The van der Waals surface area contributed by atoms with E-state index >= 15 is 0 Å². The van der Waals surface area contributed by atoms with Crippen LogP contribution in [-0.2, 0) is 10.2 Å². The maximum absolute atomic E-state index is 13.6. The molecule has 3 aromatic rings. The number of aryl methyl sites for hydroxylation is 2. The maximum atomic E-state index is 13.6. The first-order valence-corrected chi connectivity index (χ1v) is 11.6. The van der Waals surface area contributed by atoms with Crippen molar-refractivity contribution in [2.24, 2.45) is 5.41 Å². The number of fused-ring (bicyclic) bond motifs is 1. The average Bonchev–Trinajstić information content (AvgIpc) is 2.77. The second-order valence-electron chi connectivity index (χ2n) is 9.96. The van der Waals surface area contributed by atoms with Crippen molar-refractivity contribution in [1.82, 2.24) is 24.9 Å². The van der Waals surface area contributed by atoms with Crippen LogP contribution in [0, 0.1) is 19.3 Å². The third kappa shape index (κ3) is 3.35. The van der Waals surface area contributed by atoms with Crippen LogP contribution >= 0.6 is 0 Å². The van der Waals surface area contributed by atoms with Crippen LogP contribution in [-0.4, -0.2) is 57.9 Å². The van der Waals surface area contributed by atoms with E-state index in [9.17, 15) is 13.2 Å². The fraction of sp³-hybridized carbons (Fsp3) is 0.542. The number of rotatable bonds is 4. The van der Waals surface area contributed by atoms with Gasteiger partial charge in [-0.15, -0.1) is 0 Å². The lowest BCUT2D eigenvalue weighted by atomic mass is 9.34. The molecular formula is C24H25F3N6O2. The van der Waals surface area contributed by atoms with Gasteiger partial charge in [-0.2, -0.15) is 18.2 Å². The molecule has 184 valence electrons. The highest BCUT2D eigenvalue weighted by Gasteiger charge is 2.79. The lowest BCUT2D eigenvalue weighted by molar-refractivity contribution is -0.337. The highest BCUT2D eigenvalue weighted by atomic mass is 19.4. The molecule has 4 heterocycles. The predicted octanol–water partition coefficient (Wildman–Crippen LogP) is 4.00. The molecule has 0 aromatic carbocycles. The van der Waals surface area contributed by atoms with Crippen molar-refractivity contribution in [2.45, 2.75) is 50.8 Å². The first kappa shape index (κ1) is 22.4. The molecule has 35 heavy (non-hydrogen) atoms. The Morgan fingerprint density at radius 3 is 2.54 bits per heavy atom. The Morgan fingerprint density at radius 1 is 1.09 bits per heavy atom. The molecule has 8 nitrogen and oxygen atoms in total. The topological polar surface area (TPSA) is 86.2 Å². The van der Waals surface area contributed by atoms with Crippen molar-refractivity contribution in [1.29, 1.82) is 0 Å². The molecule has 1 atom stereocenters. The summed E-state index contributed by atoms with van der Waals surface area (Å²) in [6, 6.07) is 3.70. The highest BCUT2D eigenvalue weighted by molar-refractivity contribution is 5.77. The van der Waals surface area contributed by atoms with Gasteiger partial charge in [-0.1, -0.05) is 0 Å². The number of hydrogen-bond donors (Lipinski definition) is 0. The quantitative estimate of drug-likeness (QED) is 0.547. The minimum absolute atomic E-state index is 0.0478. The summed E-state index contributed by atoms with van der Waals surface area (Å²) in [4.78, 5) is 25.0. The average molecular weight is 486 g/mol. The molecular weight excluding hydrogens is 461 g/mol. The lowest BCUT2D eigenvalue weighted by Gasteiger charge is -2.70. The van der Waals surface area contributed by atoms with Crippen LogP contribution in [0.3, 0.4) is 0 Å². The smallest absolute Gasteiger partial charge is 0.394 e. The molecule has 11 heteroatoms. The standard InChI is InChI=1S/C24H25F3N6O2/c1-13-14(2)30-20-18(29-13)19(22-10-23(11-22,12-22)24(25,26)27)31-21(32-20)33-6-7-35-16(9-33)15-4-5-28-17(8-15)34-3/h4-5,8,16H,6-7,9-12H2,1-3H3/t16?,22-,23+. The van der Waals surface area contributed by atoms with Crippen LogP contribution < -0.4 is 9.64 Å². The van der Waals surface area contributed by atoms with Gasteiger partial charge in [0, 0.05) is 24.2 Å². The Hall–Kier alpha value is -3.08. The predicted molar refractivity (Wildman–Crippen MR) is 120 cm³/mol. The molecule has 0 N–H and O–H groups in total. The molecule has 1 aliphatic heterocycles. The van der Waals surface area contributed by atoms with E-state index in [0.29, 0.717) is 48.4 Å². The molecule has 3 aliphatic carbocycles. The molecule has 4 aliphatic rings. The zero-order chi connectivity index (χ0) is 24.6. The summed E-state index contributed by atoms with van der Waals surface area (Å²) in [5.41, 5.74) is 1.71. The second kappa shape index (κ2) is 7.46. The summed E-state index contributed by atoms with van der Waals surface area (Å²) in [5, 5.41) is 0. The normalized spacial score (nSPS) is 27.9. The van der Waals surface area contributed by atoms with Crippen LogP contribution in [0.4, 0.5) is 19.1 Å². The molecule has 0 amide bonds. The third-order valence-electron chi connectivity index (χ3n) is 7.75. The fourth-order valence-electron chi connectivity index (χ4n) is 5.72. The number of methoxy groups -OCH3 is 1. The van der Waals surface area contributed by atoms with Crippen molar-refractivity contribution in [3.05, 3.63) is 41.0 Å². The highest BCUT2D eigenvalue weighted by Crippen LogP contribution is 2.78. The number of anilines is 1. The van der Waals surface area contributed by atoms with E-state index in [0.717, 1.165) is 17.0 Å². The number of morpholine rings is 1. The van der Waals surface area contributed by atoms with E-state index in [2.05, 4.69) is 15.0 Å². The summed E-state index contributed by atoms with van der Waals surface area (Å²) in [7, 11) is 1.56. The largest absolute Gasteiger partial charge is 0.481 e. The minimum Gasteiger partial charge on any atom is -0.481 e. The van der Waals surface area contributed by atoms with Crippen molar-refractivity contribution < 1.29 is 22.6 Å². The van der Waals surface area contributed by atoms with Gasteiger partial charge in [-0.25, -0.2) is 19.9 Å². The Labute approximate surface area is 199 Å². The van der Waals surface area contributed by atoms with E-state index in [-0.39, 0.29) is 25.4 Å². The van der Waals surface area contributed by atoms with E-state index < -0.39 is 17.0 Å². The van der Waals surface area contributed by atoms with Gasteiger partial charge in [0.1, 0.15) is 11.6 Å². The SMILES string of the molecule is COc1cc(C2CN(c3nc4nc(C)c(C)nc4c([C@]45C[C@](C(F)(F)F)(C4)C5)n3)CCO2)ccn1. The van der Waals surface area contributed by atoms with E-state index in [1.54, 1.807) is 13.3 Å². The van der Waals surface area contributed by atoms with E-state index in [1.807, 2.05) is 30.9 Å². The van der Waals surface area contributed by atoms with Crippen molar-refractivity contribution in [2.75, 3.05) is 31.7 Å². The van der Waals surface area contributed by atoms with Crippen LogP contribution in [0.1, 0.15) is 48.0 Å². The maximum Gasteiger partial charge on any atom is 0.394 e. The molecule has 2 bridgehead atoms. The third-order valence-corrected chi connectivity index (χ3v) is 7.75. The molecule has 4 fully saturated rings. The van der Waals surface area contributed by atoms with Gasteiger partial charge in [-0.3, -0.25) is 0 Å². The Kier molecular flexibility index (Phi) is 4.77. The molecule has 3 saturated carbocycles. The Bertz CT molecular complexity index is 1310. The molecule has 1 saturated heterocycles. The fourth-order valence-corrected chi connectivity index (χ4v) is 5.72. The zero-order valence-corrected chi connectivity index (χ0v) is 19.7. The first-order valence-electron chi connectivity index (χ1n) is 11.6. The number of alkyl halides is 3. The van der Waals surface area contributed by atoms with Gasteiger partial charge in [-0.05, 0) is 44.7 Å². The van der Waals surface area contributed by atoms with Crippen LogP contribution in [0.2, 0.25) is 0 Å². The summed E-state index contributed by atoms with van der Waals surface area (Å²) in [6.45, 7) is 5.18. The Morgan fingerprint density at radius 2 is 1.83 bits per heavy atom. The van der Waals surface area contributed by atoms with Gasteiger partial charge < -0.3 is 14.4 Å². The summed E-state index contributed by atoms with van der Waals surface area (Å²) >= 11 is 0. The lowest BCUT2D eigenvalue weighted by Crippen LogP contribution is -2.70. The number of aromatic nitrogens is 5. The van der Waals surface area contributed by atoms with Gasteiger partial charge in [0.2, 0.25) is 11.8 Å². The van der Waals surface area contributed by atoms with Crippen LogP contribution in [0.25, 0.3) is 11.2 Å². The van der Waals surface area contributed by atoms with Crippen LogP contribution in [0.5, 0.6) is 5.88 Å². The number of nitrogens with zero attached hydrogens (tertiary/aromatic N) is 6. The van der Waals surface area contributed by atoms with E-state index in [4.69, 9.17) is 19.4 Å². The number of ether oxygens (including phenoxy) is 2. The molecule has 1 unspecified atom stereocenters. The summed E-state index contributed by atoms with van der Waals surface area (Å²) in [6.07, 6.45) is -2.63. The number of hydrogen-bond acceptors (Lipinski definition) is 8. The monoisotopic (exact) mass is 486 g/mol. The molecule has 7 rings (SSSR count).